The molecular weight excluding hydrogens is 308 g/mol. The number of aromatic amines is 1. The minimum absolute atomic E-state index is 0.286. The molecule has 1 N–H and O–H groups in total. The third kappa shape index (κ3) is 3.03. The summed E-state index contributed by atoms with van der Waals surface area (Å²) in [6, 6.07) is 2.11. The smallest absolute Gasteiger partial charge is 0.246 e. The van der Waals surface area contributed by atoms with E-state index in [2.05, 4.69) is 31.9 Å². The molecule has 3 rings (SSSR count). The number of piperazine rings is 1. The van der Waals surface area contributed by atoms with Gasteiger partial charge in [0, 0.05) is 32.7 Å². The molecular formula is C13H18N4O2S2. The van der Waals surface area contributed by atoms with Crippen molar-refractivity contribution < 1.29 is 8.42 Å². The molecule has 0 aliphatic carbocycles. The fraction of sp³-hybridized carbons (Fsp3) is 0.462. The summed E-state index contributed by atoms with van der Waals surface area (Å²) in [5.41, 5.74) is 1.89. The van der Waals surface area contributed by atoms with Gasteiger partial charge < -0.3 is 0 Å². The molecule has 1 aliphatic rings. The molecule has 1 aliphatic heterocycles. The highest BCUT2D eigenvalue weighted by Crippen LogP contribution is 2.20. The third-order valence-electron chi connectivity index (χ3n) is 3.72. The fourth-order valence-electron chi connectivity index (χ4n) is 2.51. The Morgan fingerprint density at radius 1 is 1.33 bits per heavy atom. The molecule has 3 heterocycles. The van der Waals surface area contributed by atoms with Crippen LogP contribution in [-0.4, -0.2) is 54.0 Å². The van der Waals surface area contributed by atoms with Crippen molar-refractivity contribution >= 4 is 21.4 Å². The van der Waals surface area contributed by atoms with E-state index in [0.717, 1.165) is 19.6 Å². The Hall–Kier alpha value is -1.22. The van der Waals surface area contributed by atoms with Crippen molar-refractivity contribution in [2.75, 3.05) is 26.2 Å². The highest BCUT2D eigenvalue weighted by Gasteiger charge is 2.30. The van der Waals surface area contributed by atoms with Crippen LogP contribution in [0.3, 0.4) is 0 Å². The normalized spacial score (nSPS) is 18.1. The number of hydrogen-bond donors (Lipinski definition) is 1. The van der Waals surface area contributed by atoms with Gasteiger partial charge in [-0.15, -0.1) is 0 Å². The van der Waals surface area contributed by atoms with Gasteiger partial charge in [-0.2, -0.15) is 20.7 Å². The molecule has 0 amide bonds. The summed E-state index contributed by atoms with van der Waals surface area (Å²) in [5.74, 6) is 0. The molecule has 0 radical (unpaired) electrons. The number of nitrogens with one attached hydrogen (secondary N) is 1. The molecule has 0 atom stereocenters. The van der Waals surface area contributed by atoms with Gasteiger partial charge in [0.05, 0.1) is 11.9 Å². The van der Waals surface area contributed by atoms with Gasteiger partial charge in [-0.1, -0.05) is 0 Å². The van der Waals surface area contributed by atoms with Crippen molar-refractivity contribution in [3.8, 4) is 0 Å². The second kappa shape index (κ2) is 5.88. The van der Waals surface area contributed by atoms with Crippen LogP contribution in [0.1, 0.15) is 11.3 Å². The topological polar surface area (TPSA) is 69.3 Å². The zero-order valence-electron chi connectivity index (χ0n) is 11.8. The second-order valence-electron chi connectivity index (χ2n) is 5.17. The maximum Gasteiger partial charge on any atom is 0.246 e. The Balaban J connectivity index is 1.64. The van der Waals surface area contributed by atoms with Gasteiger partial charge >= 0.3 is 0 Å². The van der Waals surface area contributed by atoms with Crippen molar-refractivity contribution in [2.45, 2.75) is 18.4 Å². The molecule has 114 valence electrons. The first-order chi connectivity index (χ1) is 10.1. The van der Waals surface area contributed by atoms with Crippen LogP contribution in [0, 0.1) is 6.92 Å². The van der Waals surface area contributed by atoms with E-state index in [0.29, 0.717) is 18.8 Å². The summed E-state index contributed by atoms with van der Waals surface area (Å²) in [4.78, 5) is 2.57. The number of H-pyrrole nitrogens is 1. The quantitative estimate of drug-likeness (QED) is 0.919. The first-order valence-electron chi connectivity index (χ1n) is 6.81. The van der Waals surface area contributed by atoms with Gasteiger partial charge in [-0.05, 0) is 29.3 Å². The van der Waals surface area contributed by atoms with Crippen LogP contribution in [0.25, 0.3) is 0 Å². The van der Waals surface area contributed by atoms with E-state index in [4.69, 9.17) is 0 Å². The van der Waals surface area contributed by atoms with Gasteiger partial charge in [0.15, 0.2) is 0 Å². The van der Waals surface area contributed by atoms with E-state index >= 15 is 0 Å². The first-order valence-corrected chi connectivity index (χ1v) is 9.19. The van der Waals surface area contributed by atoms with Crippen LogP contribution >= 0.6 is 11.3 Å². The van der Waals surface area contributed by atoms with Crippen LogP contribution in [0.4, 0.5) is 0 Å². The summed E-state index contributed by atoms with van der Waals surface area (Å²) in [6.45, 7) is 5.18. The van der Waals surface area contributed by atoms with Gasteiger partial charge in [0.2, 0.25) is 10.0 Å². The second-order valence-corrected chi connectivity index (χ2v) is 7.86. The summed E-state index contributed by atoms with van der Waals surface area (Å²) >= 11 is 1.69. The van der Waals surface area contributed by atoms with E-state index in [1.165, 1.54) is 11.8 Å². The molecule has 0 bridgehead atoms. The van der Waals surface area contributed by atoms with Gasteiger partial charge in [0.1, 0.15) is 4.90 Å². The largest absolute Gasteiger partial charge is 0.296 e. The van der Waals surface area contributed by atoms with Crippen LogP contribution in [0.5, 0.6) is 0 Å². The lowest BCUT2D eigenvalue weighted by Crippen LogP contribution is -2.48. The zero-order chi connectivity index (χ0) is 14.9. The van der Waals surface area contributed by atoms with Crippen molar-refractivity contribution in [3.05, 3.63) is 34.3 Å². The van der Waals surface area contributed by atoms with Gasteiger partial charge in [-0.3, -0.25) is 10.00 Å². The molecule has 0 saturated carbocycles. The monoisotopic (exact) mass is 326 g/mol. The molecule has 0 unspecified atom stereocenters. The zero-order valence-corrected chi connectivity index (χ0v) is 13.5. The Morgan fingerprint density at radius 2 is 2.10 bits per heavy atom. The Bertz CT molecular complexity index is 686. The molecule has 2 aromatic heterocycles. The number of hydrogen-bond acceptors (Lipinski definition) is 5. The maximum absolute atomic E-state index is 12.5. The molecule has 0 aromatic carbocycles. The van der Waals surface area contributed by atoms with Crippen molar-refractivity contribution in [1.29, 1.82) is 0 Å². The third-order valence-corrected chi connectivity index (χ3v) is 6.46. The van der Waals surface area contributed by atoms with E-state index in [9.17, 15) is 8.42 Å². The number of rotatable bonds is 4. The van der Waals surface area contributed by atoms with Crippen molar-refractivity contribution in [3.63, 3.8) is 0 Å². The molecule has 8 heteroatoms. The number of aryl methyl sites for hydroxylation is 1. The Labute approximate surface area is 128 Å². The Morgan fingerprint density at radius 3 is 2.67 bits per heavy atom. The van der Waals surface area contributed by atoms with Gasteiger partial charge in [0.25, 0.3) is 0 Å². The number of nitrogens with zero attached hydrogens (tertiary/aromatic N) is 3. The molecule has 0 spiro atoms. The molecule has 6 nitrogen and oxygen atoms in total. The molecule has 2 aromatic rings. The minimum Gasteiger partial charge on any atom is -0.296 e. The Kier molecular flexibility index (Phi) is 4.12. The molecule has 1 fully saturated rings. The summed E-state index contributed by atoms with van der Waals surface area (Å²) in [5, 5.41) is 10.7. The molecule has 1 saturated heterocycles. The predicted molar refractivity (Wildman–Crippen MR) is 81.7 cm³/mol. The summed E-state index contributed by atoms with van der Waals surface area (Å²) in [6.07, 6.45) is 1.39. The SMILES string of the molecule is Cc1[nH]ncc1S(=O)(=O)N1CCN(Cc2ccsc2)CC1. The van der Waals surface area contributed by atoms with E-state index < -0.39 is 10.0 Å². The lowest BCUT2D eigenvalue weighted by molar-refractivity contribution is 0.182. The number of aromatic nitrogens is 2. The highest BCUT2D eigenvalue weighted by atomic mass is 32.2. The minimum atomic E-state index is -3.42. The maximum atomic E-state index is 12.5. The highest BCUT2D eigenvalue weighted by molar-refractivity contribution is 7.89. The lowest BCUT2D eigenvalue weighted by atomic mass is 10.3. The summed E-state index contributed by atoms with van der Waals surface area (Å²) < 4.78 is 26.6. The van der Waals surface area contributed by atoms with Crippen molar-refractivity contribution in [1.82, 2.24) is 19.4 Å². The van der Waals surface area contributed by atoms with Crippen LogP contribution < -0.4 is 0 Å². The average molecular weight is 326 g/mol. The van der Waals surface area contributed by atoms with Gasteiger partial charge in [-0.25, -0.2) is 8.42 Å². The lowest BCUT2D eigenvalue weighted by Gasteiger charge is -2.33. The van der Waals surface area contributed by atoms with Crippen LogP contribution in [0.2, 0.25) is 0 Å². The summed E-state index contributed by atoms with van der Waals surface area (Å²) in [7, 11) is -3.42. The average Bonchev–Trinajstić information content (AvgIpc) is 3.11. The standard InChI is InChI=1S/C13H18N4O2S2/c1-11-13(8-14-15-11)21(18,19)17-5-3-16(4-6-17)9-12-2-7-20-10-12/h2,7-8,10H,3-6,9H2,1H3,(H,14,15). The van der Waals surface area contributed by atoms with Crippen LogP contribution in [0.15, 0.2) is 27.9 Å². The number of sulfonamides is 1. The van der Waals surface area contributed by atoms with E-state index in [1.54, 1.807) is 22.6 Å². The number of thiophene rings is 1. The fourth-order valence-corrected chi connectivity index (χ4v) is 4.71. The van der Waals surface area contributed by atoms with Crippen molar-refractivity contribution in [2.24, 2.45) is 0 Å². The van der Waals surface area contributed by atoms with Crippen LogP contribution in [-0.2, 0) is 16.6 Å². The first kappa shape index (κ1) is 14.7. The predicted octanol–water partition coefficient (Wildman–Crippen LogP) is 1.29. The molecule has 21 heavy (non-hydrogen) atoms. The van der Waals surface area contributed by atoms with E-state index in [-0.39, 0.29) is 4.90 Å². The van der Waals surface area contributed by atoms with E-state index in [1.807, 2.05) is 0 Å².